The minimum Gasteiger partial charge on any atom is -0.352 e. The Morgan fingerprint density at radius 3 is 2.05 bits per heavy atom. The summed E-state index contributed by atoms with van der Waals surface area (Å²) in [5.41, 5.74) is 4.97. The summed E-state index contributed by atoms with van der Waals surface area (Å²) in [6, 6.07) is 18.9. The van der Waals surface area contributed by atoms with Gasteiger partial charge in [0.05, 0.1) is 10.6 Å². The van der Waals surface area contributed by atoms with Crippen LogP contribution in [0.2, 0.25) is 0 Å². The van der Waals surface area contributed by atoms with Gasteiger partial charge in [-0.05, 0) is 77.3 Å². The highest BCUT2D eigenvalue weighted by atomic mass is 32.2. The monoisotopic (exact) mass is 563 g/mol. The molecule has 0 spiro atoms. The van der Waals surface area contributed by atoms with Crippen molar-refractivity contribution < 1.29 is 18.0 Å². The van der Waals surface area contributed by atoms with E-state index in [0.717, 1.165) is 27.8 Å². The van der Waals surface area contributed by atoms with E-state index in [0.29, 0.717) is 12.1 Å². The van der Waals surface area contributed by atoms with E-state index in [4.69, 9.17) is 0 Å². The Hall–Kier alpha value is -3.65. The summed E-state index contributed by atoms with van der Waals surface area (Å²) in [4.78, 5) is 29.0. The Balaban J connectivity index is 2.10. The zero-order valence-corrected chi connectivity index (χ0v) is 25.4. The molecule has 7 nitrogen and oxygen atoms in total. The molecule has 0 saturated carbocycles. The number of amides is 2. The first kappa shape index (κ1) is 30.9. The Morgan fingerprint density at radius 1 is 0.850 bits per heavy atom. The highest BCUT2D eigenvalue weighted by molar-refractivity contribution is 7.92. The van der Waals surface area contributed by atoms with Gasteiger partial charge in [-0.2, -0.15) is 0 Å². The van der Waals surface area contributed by atoms with E-state index in [-0.39, 0.29) is 23.4 Å². The van der Waals surface area contributed by atoms with Crippen molar-refractivity contribution in [2.75, 3.05) is 10.8 Å². The van der Waals surface area contributed by atoms with E-state index >= 15 is 0 Å². The molecule has 3 aromatic carbocycles. The molecule has 3 aromatic rings. The maximum Gasteiger partial charge on any atom is 0.264 e. The Bertz CT molecular complexity index is 1450. The van der Waals surface area contributed by atoms with E-state index in [1.165, 1.54) is 9.21 Å². The second kappa shape index (κ2) is 13.1. The summed E-state index contributed by atoms with van der Waals surface area (Å²) in [6.45, 7) is 12.9. The summed E-state index contributed by atoms with van der Waals surface area (Å²) in [6.07, 6.45) is 0.379. The fraction of sp³-hybridized carbons (Fsp3) is 0.375. The maximum absolute atomic E-state index is 14.2. The number of carbonyl (C=O) groups excluding carboxylic acids is 2. The Kier molecular flexibility index (Phi) is 10.1. The minimum atomic E-state index is -4.10. The quantitative estimate of drug-likeness (QED) is 0.336. The van der Waals surface area contributed by atoms with Crippen LogP contribution >= 0.6 is 0 Å². The molecule has 8 heteroatoms. The first-order chi connectivity index (χ1) is 18.8. The van der Waals surface area contributed by atoms with Crippen LogP contribution in [0.25, 0.3) is 0 Å². The van der Waals surface area contributed by atoms with Crippen molar-refractivity contribution in [2.45, 2.75) is 78.4 Å². The molecule has 0 aliphatic heterocycles. The number of hydrogen-bond acceptors (Lipinski definition) is 4. The molecule has 1 N–H and O–H groups in total. The molecule has 0 heterocycles. The zero-order chi connectivity index (χ0) is 29.6. The van der Waals surface area contributed by atoms with Crippen LogP contribution in [0.5, 0.6) is 0 Å². The topological polar surface area (TPSA) is 86.8 Å². The number of sulfonamides is 1. The van der Waals surface area contributed by atoms with Crippen molar-refractivity contribution in [3.8, 4) is 0 Å². The number of anilines is 1. The van der Waals surface area contributed by atoms with Gasteiger partial charge in [-0.25, -0.2) is 8.42 Å². The van der Waals surface area contributed by atoms with E-state index in [1.807, 2.05) is 84.9 Å². The Morgan fingerprint density at radius 2 is 1.48 bits per heavy atom. The second-order valence-electron chi connectivity index (χ2n) is 10.7. The van der Waals surface area contributed by atoms with Gasteiger partial charge in [0.25, 0.3) is 10.0 Å². The third kappa shape index (κ3) is 7.50. The van der Waals surface area contributed by atoms with Crippen molar-refractivity contribution in [2.24, 2.45) is 0 Å². The van der Waals surface area contributed by atoms with Gasteiger partial charge in [0.2, 0.25) is 11.8 Å². The summed E-state index contributed by atoms with van der Waals surface area (Å²) >= 11 is 0. The molecule has 0 unspecified atom stereocenters. The molecule has 40 heavy (non-hydrogen) atoms. The first-order valence-electron chi connectivity index (χ1n) is 13.7. The molecule has 2 amide bonds. The fourth-order valence-electron chi connectivity index (χ4n) is 4.74. The lowest BCUT2D eigenvalue weighted by Crippen LogP contribution is -2.53. The van der Waals surface area contributed by atoms with Gasteiger partial charge < -0.3 is 10.2 Å². The smallest absolute Gasteiger partial charge is 0.264 e. The predicted octanol–water partition coefficient (Wildman–Crippen LogP) is 5.45. The number of aryl methyl sites for hydroxylation is 4. The van der Waals surface area contributed by atoms with Crippen LogP contribution in [0.1, 0.15) is 55.0 Å². The van der Waals surface area contributed by atoms with E-state index in [9.17, 15) is 18.0 Å². The van der Waals surface area contributed by atoms with Crippen LogP contribution in [0.3, 0.4) is 0 Å². The van der Waals surface area contributed by atoms with Gasteiger partial charge >= 0.3 is 0 Å². The van der Waals surface area contributed by atoms with Crippen LogP contribution in [0, 0.1) is 27.7 Å². The van der Waals surface area contributed by atoms with Crippen molar-refractivity contribution in [3.63, 3.8) is 0 Å². The molecule has 214 valence electrons. The van der Waals surface area contributed by atoms with E-state index in [1.54, 1.807) is 30.3 Å². The third-order valence-electron chi connectivity index (χ3n) is 6.76. The fourth-order valence-corrected chi connectivity index (χ4v) is 6.22. The third-order valence-corrected chi connectivity index (χ3v) is 8.54. The van der Waals surface area contributed by atoms with Crippen LogP contribution in [0.15, 0.2) is 71.6 Å². The van der Waals surface area contributed by atoms with Crippen molar-refractivity contribution >= 4 is 27.5 Å². The lowest BCUT2D eigenvalue weighted by molar-refractivity contribution is -0.140. The first-order valence-corrected chi connectivity index (χ1v) is 15.1. The SMILES string of the molecule is CC[C@@H](C(=O)NC(C)C)N(Cc1cccc(C)c1)C(=O)CN(c1ccc(C)cc1C)S(=O)(=O)c1ccc(C)cc1. The second-order valence-corrected chi connectivity index (χ2v) is 12.6. The zero-order valence-electron chi connectivity index (χ0n) is 24.6. The molecular formula is C32H41N3O4S. The van der Waals surface area contributed by atoms with Crippen molar-refractivity contribution in [1.29, 1.82) is 0 Å². The minimum absolute atomic E-state index is 0.0979. The van der Waals surface area contributed by atoms with Crippen LogP contribution < -0.4 is 9.62 Å². The average Bonchev–Trinajstić information content (AvgIpc) is 2.87. The van der Waals surface area contributed by atoms with Crippen LogP contribution in [-0.4, -0.2) is 43.8 Å². The van der Waals surface area contributed by atoms with Crippen LogP contribution in [-0.2, 0) is 26.2 Å². The highest BCUT2D eigenvalue weighted by Gasteiger charge is 2.34. The van der Waals surface area contributed by atoms with Crippen molar-refractivity contribution in [3.05, 3.63) is 94.5 Å². The number of nitrogens with one attached hydrogen (secondary N) is 1. The van der Waals surface area contributed by atoms with Gasteiger partial charge in [-0.3, -0.25) is 13.9 Å². The molecule has 0 aliphatic rings. The normalized spacial score (nSPS) is 12.2. The maximum atomic E-state index is 14.2. The van der Waals surface area contributed by atoms with E-state index in [2.05, 4.69) is 5.32 Å². The van der Waals surface area contributed by atoms with Gasteiger partial charge in [-0.15, -0.1) is 0 Å². The number of benzene rings is 3. The number of carbonyl (C=O) groups is 2. The number of rotatable bonds is 11. The van der Waals surface area contributed by atoms with Gasteiger partial charge in [0, 0.05) is 12.6 Å². The lowest BCUT2D eigenvalue weighted by atomic mass is 10.1. The summed E-state index contributed by atoms with van der Waals surface area (Å²) in [5, 5.41) is 2.92. The van der Waals surface area contributed by atoms with Gasteiger partial charge in [-0.1, -0.05) is 72.1 Å². The standard InChI is InChI=1S/C32H41N3O4S/c1-8-29(32(37)33-22(2)3)34(20-27-11-9-10-24(5)19-27)31(36)21-35(30-17-14-25(6)18-26(30)7)40(38,39)28-15-12-23(4)13-16-28/h9-19,22,29H,8,20-21H2,1-7H3,(H,33,37)/t29-/m0/s1. The highest BCUT2D eigenvalue weighted by Crippen LogP contribution is 2.28. The molecular weight excluding hydrogens is 522 g/mol. The molecule has 1 atom stereocenters. The molecule has 0 bridgehead atoms. The van der Waals surface area contributed by atoms with Gasteiger partial charge in [0.1, 0.15) is 12.6 Å². The van der Waals surface area contributed by atoms with Crippen molar-refractivity contribution in [1.82, 2.24) is 10.2 Å². The Labute approximate surface area is 239 Å². The van der Waals surface area contributed by atoms with Crippen LogP contribution in [0.4, 0.5) is 5.69 Å². The molecule has 3 rings (SSSR count). The predicted molar refractivity (Wildman–Crippen MR) is 161 cm³/mol. The molecule has 0 fully saturated rings. The summed E-state index contributed by atoms with van der Waals surface area (Å²) in [7, 11) is -4.10. The number of hydrogen-bond donors (Lipinski definition) is 1. The number of nitrogens with zero attached hydrogens (tertiary/aromatic N) is 2. The summed E-state index contributed by atoms with van der Waals surface area (Å²) < 4.78 is 29.2. The summed E-state index contributed by atoms with van der Waals surface area (Å²) in [5.74, 6) is -0.721. The van der Waals surface area contributed by atoms with Gasteiger partial charge in [0.15, 0.2) is 0 Å². The van der Waals surface area contributed by atoms with E-state index < -0.39 is 28.5 Å². The molecule has 0 aliphatic carbocycles. The molecule has 0 radical (unpaired) electrons. The molecule has 0 saturated heterocycles. The lowest BCUT2D eigenvalue weighted by Gasteiger charge is -2.34. The molecule has 0 aromatic heterocycles. The average molecular weight is 564 g/mol. The largest absolute Gasteiger partial charge is 0.352 e.